The zero-order valence-electron chi connectivity index (χ0n) is 20.1. The molecule has 0 bridgehead atoms. The highest BCUT2D eigenvalue weighted by Crippen LogP contribution is 2.26. The van der Waals surface area contributed by atoms with Crippen molar-refractivity contribution in [2.45, 2.75) is 39.3 Å². The molecule has 36 heavy (non-hydrogen) atoms. The quantitative estimate of drug-likeness (QED) is 0.309. The standard InChI is InChI=1S/C23H28Cl2N4O6S/c1-4-11-26-23(31)21(5-2)27(14-16-9-10-19(24)20(25)12-16)22(30)15-28(36(3,34)35)17-7-6-8-18(13-17)29(32)33/h6-10,12-13,21H,4-5,11,14-15H2,1-3H3,(H,26,31)/t21-/m0/s1. The molecule has 13 heteroatoms. The molecule has 0 unspecified atom stereocenters. The fraction of sp³-hybridized carbons (Fsp3) is 0.391. The van der Waals surface area contributed by atoms with Crippen molar-refractivity contribution in [1.29, 1.82) is 0 Å². The number of anilines is 1. The van der Waals surface area contributed by atoms with Crippen molar-refractivity contribution in [1.82, 2.24) is 10.2 Å². The molecule has 0 aliphatic heterocycles. The van der Waals surface area contributed by atoms with Crippen LogP contribution in [0.4, 0.5) is 11.4 Å². The summed E-state index contributed by atoms with van der Waals surface area (Å²) >= 11 is 12.1. The van der Waals surface area contributed by atoms with Gasteiger partial charge in [-0.2, -0.15) is 0 Å². The summed E-state index contributed by atoms with van der Waals surface area (Å²) in [5, 5.41) is 14.6. The van der Waals surface area contributed by atoms with Gasteiger partial charge in [0.05, 0.1) is 26.9 Å². The number of rotatable bonds is 12. The summed E-state index contributed by atoms with van der Waals surface area (Å²) in [4.78, 5) is 38.3. The molecule has 0 saturated carbocycles. The van der Waals surface area contributed by atoms with Gasteiger partial charge < -0.3 is 10.2 Å². The Kier molecular flexibility index (Phi) is 10.5. The number of amides is 2. The Balaban J connectivity index is 2.48. The van der Waals surface area contributed by atoms with Gasteiger partial charge in [0.25, 0.3) is 5.69 Å². The van der Waals surface area contributed by atoms with Crippen LogP contribution in [0.3, 0.4) is 0 Å². The minimum Gasteiger partial charge on any atom is -0.354 e. The Morgan fingerprint density at radius 3 is 2.36 bits per heavy atom. The molecule has 2 aromatic carbocycles. The lowest BCUT2D eigenvalue weighted by atomic mass is 10.1. The van der Waals surface area contributed by atoms with E-state index in [0.717, 1.165) is 16.6 Å². The molecule has 0 aliphatic carbocycles. The highest BCUT2D eigenvalue weighted by atomic mass is 35.5. The molecule has 0 spiro atoms. The van der Waals surface area contributed by atoms with E-state index in [2.05, 4.69) is 5.32 Å². The summed E-state index contributed by atoms with van der Waals surface area (Å²) in [5.74, 6) is -1.05. The lowest BCUT2D eigenvalue weighted by molar-refractivity contribution is -0.384. The highest BCUT2D eigenvalue weighted by Gasteiger charge is 2.32. The van der Waals surface area contributed by atoms with E-state index in [1.807, 2.05) is 6.92 Å². The second kappa shape index (κ2) is 12.9. The molecule has 196 valence electrons. The summed E-state index contributed by atoms with van der Waals surface area (Å²) in [5.41, 5.74) is 0.213. The first-order valence-electron chi connectivity index (χ1n) is 11.1. The third-order valence-electron chi connectivity index (χ3n) is 5.28. The van der Waals surface area contributed by atoms with E-state index in [4.69, 9.17) is 23.2 Å². The Morgan fingerprint density at radius 2 is 1.81 bits per heavy atom. The Labute approximate surface area is 220 Å². The summed E-state index contributed by atoms with van der Waals surface area (Å²) in [6.07, 6.45) is 1.85. The molecule has 1 N–H and O–H groups in total. The van der Waals surface area contributed by atoms with Crippen molar-refractivity contribution in [3.05, 3.63) is 68.2 Å². The van der Waals surface area contributed by atoms with E-state index in [1.54, 1.807) is 25.1 Å². The lowest BCUT2D eigenvalue weighted by Gasteiger charge is -2.32. The first-order valence-corrected chi connectivity index (χ1v) is 13.7. The van der Waals surface area contributed by atoms with Crippen LogP contribution in [0.1, 0.15) is 32.3 Å². The first kappa shape index (κ1) is 29.3. The van der Waals surface area contributed by atoms with E-state index in [0.29, 0.717) is 23.6 Å². The molecule has 2 amide bonds. The van der Waals surface area contributed by atoms with Gasteiger partial charge in [-0.1, -0.05) is 49.2 Å². The van der Waals surface area contributed by atoms with Crippen LogP contribution >= 0.6 is 23.2 Å². The van der Waals surface area contributed by atoms with Crippen molar-refractivity contribution >= 4 is 56.4 Å². The van der Waals surface area contributed by atoms with Crippen LogP contribution in [-0.4, -0.2) is 55.4 Å². The maximum atomic E-state index is 13.6. The van der Waals surface area contributed by atoms with Crippen LogP contribution < -0.4 is 9.62 Å². The number of halogens is 2. The predicted octanol–water partition coefficient (Wildman–Crippen LogP) is 4.00. The Hall–Kier alpha value is -2.89. The van der Waals surface area contributed by atoms with Gasteiger partial charge in [0.1, 0.15) is 12.6 Å². The molecule has 0 fully saturated rings. The van der Waals surface area contributed by atoms with E-state index in [9.17, 15) is 28.1 Å². The zero-order chi connectivity index (χ0) is 27.0. The van der Waals surface area contributed by atoms with Crippen molar-refractivity contribution in [3.8, 4) is 0 Å². The van der Waals surface area contributed by atoms with Crippen LogP contribution in [0.25, 0.3) is 0 Å². The topological polar surface area (TPSA) is 130 Å². The lowest BCUT2D eigenvalue weighted by Crippen LogP contribution is -2.52. The SMILES string of the molecule is CCCNC(=O)[C@H](CC)N(Cc1ccc(Cl)c(Cl)c1)C(=O)CN(c1cccc([N+](=O)[O-])c1)S(C)(=O)=O. The van der Waals surface area contributed by atoms with E-state index in [1.165, 1.54) is 23.1 Å². The van der Waals surface area contributed by atoms with Crippen LogP contribution in [-0.2, 0) is 26.2 Å². The second-order valence-corrected chi connectivity index (χ2v) is 10.8. The molecule has 10 nitrogen and oxygen atoms in total. The van der Waals surface area contributed by atoms with Gasteiger partial charge in [0.15, 0.2) is 0 Å². The monoisotopic (exact) mass is 558 g/mol. The van der Waals surface area contributed by atoms with Gasteiger partial charge in [-0.25, -0.2) is 8.42 Å². The number of benzene rings is 2. The maximum absolute atomic E-state index is 13.6. The molecule has 0 heterocycles. The minimum atomic E-state index is -4.02. The van der Waals surface area contributed by atoms with Crippen molar-refractivity contribution in [2.75, 3.05) is 23.7 Å². The fourth-order valence-electron chi connectivity index (χ4n) is 3.50. The molecule has 0 radical (unpaired) electrons. The maximum Gasteiger partial charge on any atom is 0.271 e. The van der Waals surface area contributed by atoms with Crippen molar-refractivity contribution in [3.63, 3.8) is 0 Å². The first-order chi connectivity index (χ1) is 16.9. The van der Waals surface area contributed by atoms with Crippen molar-refractivity contribution < 1.29 is 22.9 Å². The van der Waals surface area contributed by atoms with Crippen LogP contribution in [0.5, 0.6) is 0 Å². The summed E-state index contributed by atoms with van der Waals surface area (Å²) in [6, 6.07) is 8.86. The normalized spacial score (nSPS) is 12.0. The van der Waals surface area contributed by atoms with Gasteiger partial charge in [-0.3, -0.25) is 24.0 Å². The summed E-state index contributed by atoms with van der Waals surface area (Å²) < 4.78 is 26.0. The smallest absolute Gasteiger partial charge is 0.271 e. The third-order valence-corrected chi connectivity index (χ3v) is 7.16. The zero-order valence-corrected chi connectivity index (χ0v) is 22.4. The molecule has 2 rings (SSSR count). The van der Waals surface area contributed by atoms with Gasteiger partial charge in [-0.15, -0.1) is 0 Å². The van der Waals surface area contributed by atoms with Gasteiger partial charge in [0.2, 0.25) is 21.8 Å². The number of carbonyl (C=O) groups excluding carboxylic acids is 2. The number of nitro groups is 1. The number of hydrogen-bond donors (Lipinski definition) is 1. The molecule has 0 aliphatic rings. The second-order valence-electron chi connectivity index (χ2n) is 8.03. The van der Waals surface area contributed by atoms with E-state index >= 15 is 0 Å². The van der Waals surface area contributed by atoms with Crippen LogP contribution in [0.2, 0.25) is 10.0 Å². The number of non-ortho nitro benzene ring substituents is 1. The predicted molar refractivity (Wildman–Crippen MR) is 140 cm³/mol. The van der Waals surface area contributed by atoms with Crippen molar-refractivity contribution in [2.24, 2.45) is 0 Å². The number of hydrogen-bond acceptors (Lipinski definition) is 6. The molecule has 2 aromatic rings. The number of nitrogens with one attached hydrogen (secondary N) is 1. The van der Waals surface area contributed by atoms with Gasteiger partial charge in [0, 0.05) is 25.2 Å². The third kappa shape index (κ3) is 7.81. The van der Waals surface area contributed by atoms with Gasteiger partial charge in [-0.05, 0) is 36.6 Å². The number of nitro benzene ring substituents is 1. The molecular weight excluding hydrogens is 531 g/mol. The van der Waals surface area contributed by atoms with Crippen LogP contribution in [0.15, 0.2) is 42.5 Å². The number of nitrogens with zero attached hydrogens (tertiary/aromatic N) is 3. The van der Waals surface area contributed by atoms with Gasteiger partial charge >= 0.3 is 0 Å². The highest BCUT2D eigenvalue weighted by molar-refractivity contribution is 7.92. The Morgan fingerprint density at radius 1 is 1.11 bits per heavy atom. The molecular formula is C23H28Cl2N4O6S. The average Bonchev–Trinajstić information content (AvgIpc) is 2.82. The van der Waals surface area contributed by atoms with E-state index < -0.39 is 33.4 Å². The molecule has 0 aromatic heterocycles. The number of sulfonamides is 1. The Bertz CT molecular complexity index is 1220. The average molecular weight is 559 g/mol. The molecule has 1 atom stereocenters. The number of carbonyl (C=O) groups is 2. The van der Waals surface area contributed by atoms with E-state index in [-0.39, 0.29) is 35.3 Å². The van der Waals surface area contributed by atoms with Crippen LogP contribution in [0, 0.1) is 10.1 Å². The largest absolute Gasteiger partial charge is 0.354 e. The minimum absolute atomic E-state index is 0.0414. The summed E-state index contributed by atoms with van der Waals surface area (Å²) in [7, 11) is -4.02. The fourth-order valence-corrected chi connectivity index (χ4v) is 4.66. The molecule has 0 saturated heterocycles. The summed E-state index contributed by atoms with van der Waals surface area (Å²) in [6.45, 7) is 3.33.